The van der Waals surface area contributed by atoms with Gasteiger partial charge < -0.3 is 5.11 Å². The van der Waals surface area contributed by atoms with Gasteiger partial charge in [0, 0.05) is 6.42 Å². The average Bonchev–Trinajstić information content (AvgIpc) is 2.86. The second-order valence-electron chi connectivity index (χ2n) is 10.1. The Morgan fingerprint density at radius 2 is 1.92 bits per heavy atom. The van der Waals surface area contributed by atoms with Crippen molar-refractivity contribution in [1.82, 2.24) is 0 Å². The first-order valence-electron chi connectivity index (χ1n) is 10.5. The maximum absolute atomic E-state index is 10.6. The number of hydrogen-bond acceptors (Lipinski definition) is 1. The van der Waals surface area contributed by atoms with Crippen molar-refractivity contribution < 1.29 is 5.11 Å². The summed E-state index contributed by atoms with van der Waals surface area (Å²) in [7, 11) is 0. The number of rotatable bonds is 2. The highest BCUT2D eigenvalue weighted by atomic mass is 16.3. The van der Waals surface area contributed by atoms with Gasteiger partial charge in [-0.3, -0.25) is 0 Å². The zero-order valence-corrected chi connectivity index (χ0v) is 17.1. The van der Waals surface area contributed by atoms with Crippen LogP contribution in [0.3, 0.4) is 0 Å². The largest absolute Gasteiger partial charge is 0.390 e. The molecule has 5 atom stereocenters. The summed E-state index contributed by atoms with van der Waals surface area (Å²) in [5, 5.41) is 10.6. The van der Waals surface area contributed by atoms with Crippen LogP contribution in [0.2, 0.25) is 0 Å². The fraction of sp³-hybridized carbons (Fsp3) is 0.750. The van der Waals surface area contributed by atoms with Gasteiger partial charge >= 0.3 is 0 Å². The third-order valence-corrected chi connectivity index (χ3v) is 7.67. The molecule has 0 aromatic rings. The third kappa shape index (κ3) is 3.54. The molecule has 3 aliphatic carbocycles. The van der Waals surface area contributed by atoms with Crippen LogP contribution in [0.25, 0.3) is 0 Å². The lowest BCUT2D eigenvalue weighted by molar-refractivity contribution is 0.0327. The molecule has 0 heterocycles. The molecule has 140 valence electrons. The summed E-state index contributed by atoms with van der Waals surface area (Å²) in [4.78, 5) is 0. The van der Waals surface area contributed by atoms with E-state index in [0.717, 1.165) is 30.6 Å². The van der Waals surface area contributed by atoms with Gasteiger partial charge in [0.1, 0.15) is 0 Å². The fourth-order valence-electron chi connectivity index (χ4n) is 6.44. The Labute approximate surface area is 155 Å². The van der Waals surface area contributed by atoms with Crippen LogP contribution >= 0.6 is 0 Å². The lowest BCUT2D eigenvalue weighted by Crippen LogP contribution is -2.35. The number of fused-ring (bicyclic) bond motifs is 1. The van der Waals surface area contributed by atoms with E-state index in [1.807, 2.05) is 6.92 Å². The van der Waals surface area contributed by atoms with Crippen molar-refractivity contribution in [2.24, 2.45) is 29.1 Å². The van der Waals surface area contributed by atoms with E-state index in [4.69, 9.17) is 0 Å². The molecule has 3 fully saturated rings. The molecular weight excluding hydrogens is 304 g/mol. The molecular formula is C24H38O. The van der Waals surface area contributed by atoms with Gasteiger partial charge in [-0.1, -0.05) is 52.0 Å². The Hall–Kier alpha value is -0.820. The summed E-state index contributed by atoms with van der Waals surface area (Å²) in [6, 6.07) is 0. The van der Waals surface area contributed by atoms with E-state index in [-0.39, 0.29) is 0 Å². The number of aliphatic hydroxyl groups is 1. The van der Waals surface area contributed by atoms with Gasteiger partial charge in [-0.25, -0.2) is 0 Å². The Balaban J connectivity index is 1.85. The van der Waals surface area contributed by atoms with E-state index in [1.54, 1.807) is 5.57 Å². The third-order valence-electron chi connectivity index (χ3n) is 7.67. The van der Waals surface area contributed by atoms with Gasteiger partial charge in [0.15, 0.2) is 0 Å². The summed E-state index contributed by atoms with van der Waals surface area (Å²) in [6.45, 7) is 15.9. The van der Waals surface area contributed by atoms with Crippen LogP contribution in [0.15, 0.2) is 35.5 Å². The van der Waals surface area contributed by atoms with Crippen LogP contribution in [0, 0.1) is 29.1 Å². The van der Waals surface area contributed by atoms with Crippen molar-refractivity contribution in [3.63, 3.8) is 0 Å². The maximum atomic E-state index is 10.6. The lowest BCUT2D eigenvalue weighted by Gasteiger charge is -2.44. The van der Waals surface area contributed by atoms with Gasteiger partial charge in [-0.15, -0.1) is 0 Å². The molecule has 0 radical (unpaired) electrons. The second-order valence-corrected chi connectivity index (χ2v) is 10.1. The molecule has 0 aromatic carbocycles. The molecule has 5 unspecified atom stereocenters. The zero-order chi connectivity index (χ0) is 18.4. The highest BCUT2D eigenvalue weighted by Gasteiger charge is 2.49. The molecule has 1 N–H and O–H groups in total. The van der Waals surface area contributed by atoms with Crippen molar-refractivity contribution in [1.29, 1.82) is 0 Å². The monoisotopic (exact) mass is 342 g/mol. The van der Waals surface area contributed by atoms with E-state index in [2.05, 4.69) is 46.4 Å². The lowest BCUT2D eigenvalue weighted by atomic mass is 9.61. The molecule has 0 aromatic heterocycles. The summed E-state index contributed by atoms with van der Waals surface area (Å²) in [6.07, 6.45) is 13.0. The van der Waals surface area contributed by atoms with Crippen LogP contribution in [0.4, 0.5) is 0 Å². The molecule has 0 bridgehead atoms. The van der Waals surface area contributed by atoms with Gasteiger partial charge in [0.05, 0.1) is 5.60 Å². The minimum atomic E-state index is -0.581. The Kier molecular flexibility index (Phi) is 5.10. The minimum Gasteiger partial charge on any atom is -0.390 e. The summed E-state index contributed by atoms with van der Waals surface area (Å²) >= 11 is 0. The Bertz CT molecular complexity index is 591. The van der Waals surface area contributed by atoms with Crippen LogP contribution in [-0.2, 0) is 0 Å². The van der Waals surface area contributed by atoms with Gasteiger partial charge in [-0.2, -0.15) is 0 Å². The molecule has 3 rings (SSSR count). The van der Waals surface area contributed by atoms with E-state index in [9.17, 15) is 5.11 Å². The first-order valence-corrected chi connectivity index (χ1v) is 10.5. The van der Waals surface area contributed by atoms with Gasteiger partial charge in [0.2, 0.25) is 0 Å². The topological polar surface area (TPSA) is 20.2 Å². The second kappa shape index (κ2) is 6.72. The van der Waals surface area contributed by atoms with Crippen LogP contribution in [0.5, 0.6) is 0 Å². The predicted octanol–water partition coefficient (Wildman–Crippen LogP) is 6.45. The van der Waals surface area contributed by atoms with Crippen LogP contribution < -0.4 is 0 Å². The van der Waals surface area contributed by atoms with Gasteiger partial charge in [0.25, 0.3) is 0 Å². The SMILES string of the molecule is C=C1/C(=C\C=C2/CCCC3(C)C2CCC3C(C)C)CC(C)(O)CC1C. The highest BCUT2D eigenvalue weighted by molar-refractivity contribution is 5.38. The number of allylic oxidation sites excluding steroid dienone is 4. The minimum absolute atomic E-state index is 0.377. The quantitative estimate of drug-likeness (QED) is 0.611. The van der Waals surface area contributed by atoms with Crippen molar-refractivity contribution in [2.75, 3.05) is 0 Å². The standard InChI is InChI=1S/C24H38O/c1-16(2)21-11-12-22-19(8-7-13-24(21,22)6)9-10-20-15-23(5,25)14-17(3)18(20)4/h9-10,16-17,21-22,25H,4,7-8,11-15H2,1-3,5-6H3/b19-9+,20-10-. The number of hydrogen-bond donors (Lipinski definition) is 1. The average molecular weight is 343 g/mol. The zero-order valence-electron chi connectivity index (χ0n) is 17.1. The summed E-state index contributed by atoms with van der Waals surface area (Å²) < 4.78 is 0. The molecule has 0 saturated heterocycles. The molecule has 3 aliphatic rings. The first-order chi connectivity index (χ1) is 11.6. The van der Waals surface area contributed by atoms with Crippen molar-refractivity contribution in [3.05, 3.63) is 35.5 Å². The molecule has 3 saturated carbocycles. The predicted molar refractivity (Wildman–Crippen MR) is 107 cm³/mol. The maximum Gasteiger partial charge on any atom is 0.0665 e. The van der Waals surface area contributed by atoms with Gasteiger partial charge in [-0.05, 0) is 85.7 Å². The molecule has 0 aliphatic heterocycles. The fourth-order valence-corrected chi connectivity index (χ4v) is 6.44. The normalized spacial score (nSPS) is 45.4. The summed E-state index contributed by atoms with van der Waals surface area (Å²) in [5.41, 5.74) is 4.08. The highest BCUT2D eigenvalue weighted by Crippen LogP contribution is 2.59. The van der Waals surface area contributed by atoms with Crippen molar-refractivity contribution in [2.45, 2.75) is 85.2 Å². The summed E-state index contributed by atoms with van der Waals surface area (Å²) in [5.74, 6) is 2.81. The Morgan fingerprint density at radius 3 is 2.60 bits per heavy atom. The van der Waals surface area contributed by atoms with Crippen molar-refractivity contribution >= 4 is 0 Å². The van der Waals surface area contributed by atoms with E-state index in [0.29, 0.717) is 11.3 Å². The molecule has 1 nitrogen and oxygen atoms in total. The van der Waals surface area contributed by atoms with E-state index in [1.165, 1.54) is 43.3 Å². The van der Waals surface area contributed by atoms with Crippen LogP contribution in [-0.4, -0.2) is 10.7 Å². The smallest absolute Gasteiger partial charge is 0.0665 e. The van der Waals surface area contributed by atoms with Crippen molar-refractivity contribution in [3.8, 4) is 0 Å². The molecule has 1 heteroatoms. The molecule has 0 spiro atoms. The first kappa shape index (κ1) is 19.0. The molecule has 0 amide bonds. The molecule has 25 heavy (non-hydrogen) atoms. The van der Waals surface area contributed by atoms with E-state index < -0.39 is 5.60 Å². The van der Waals surface area contributed by atoms with E-state index >= 15 is 0 Å². The van der Waals surface area contributed by atoms with Crippen LogP contribution in [0.1, 0.15) is 79.6 Å². The Morgan fingerprint density at radius 1 is 1.20 bits per heavy atom.